The summed E-state index contributed by atoms with van der Waals surface area (Å²) in [6.07, 6.45) is 2.84. The summed E-state index contributed by atoms with van der Waals surface area (Å²) in [5.74, 6) is 1.38. The number of hydrogen-bond donors (Lipinski definition) is 1. The third-order valence-corrected chi connectivity index (χ3v) is 6.71. The highest BCUT2D eigenvalue weighted by Gasteiger charge is 2.25. The first kappa shape index (κ1) is 21.5. The summed E-state index contributed by atoms with van der Waals surface area (Å²) in [6, 6.07) is 23.8. The molecule has 5 nitrogen and oxygen atoms in total. The summed E-state index contributed by atoms with van der Waals surface area (Å²) in [5.41, 5.74) is 4.84. The predicted molar refractivity (Wildman–Crippen MR) is 132 cm³/mol. The number of para-hydroxylation sites is 1. The van der Waals surface area contributed by atoms with Gasteiger partial charge in [0.15, 0.2) is 0 Å². The minimum absolute atomic E-state index is 0.0443. The van der Waals surface area contributed by atoms with E-state index >= 15 is 0 Å². The lowest BCUT2D eigenvalue weighted by Crippen LogP contribution is -2.45. The SMILES string of the molecule is CN1CCN(c2cccc3c2CC[C@@H](NC(=O)c2cccc(Oc4ccccc4)c2)C3)CC1. The largest absolute Gasteiger partial charge is 0.457 e. The Bertz CT molecular complexity index is 1110. The number of fused-ring (bicyclic) bond motifs is 1. The third-order valence-electron chi connectivity index (χ3n) is 6.71. The lowest BCUT2D eigenvalue weighted by Gasteiger charge is -2.37. The van der Waals surface area contributed by atoms with Gasteiger partial charge in [-0.05, 0) is 73.8 Å². The fourth-order valence-electron chi connectivity index (χ4n) is 4.85. The van der Waals surface area contributed by atoms with Crippen LogP contribution in [-0.4, -0.2) is 50.1 Å². The molecule has 1 heterocycles. The van der Waals surface area contributed by atoms with Crippen molar-refractivity contribution in [2.24, 2.45) is 0 Å². The zero-order valence-corrected chi connectivity index (χ0v) is 19.2. The number of benzene rings is 3. The molecular formula is C28H31N3O2. The van der Waals surface area contributed by atoms with Crippen molar-refractivity contribution in [3.63, 3.8) is 0 Å². The lowest BCUT2D eigenvalue weighted by atomic mass is 9.86. The first-order valence-corrected chi connectivity index (χ1v) is 11.8. The Hall–Kier alpha value is -3.31. The van der Waals surface area contributed by atoms with Gasteiger partial charge in [0.1, 0.15) is 11.5 Å². The van der Waals surface area contributed by atoms with E-state index in [1.807, 2.05) is 54.6 Å². The van der Waals surface area contributed by atoms with Gasteiger partial charge in [0.2, 0.25) is 0 Å². The number of rotatable bonds is 5. The van der Waals surface area contributed by atoms with Crippen molar-refractivity contribution >= 4 is 11.6 Å². The molecule has 1 aliphatic carbocycles. The molecular weight excluding hydrogens is 410 g/mol. The molecule has 1 atom stereocenters. The van der Waals surface area contributed by atoms with Crippen LogP contribution in [0.4, 0.5) is 5.69 Å². The summed E-state index contributed by atoms with van der Waals surface area (Å²) < 4.78 is 5.90. The third kappa shape index (κ3) is 5.04. The predicted octanol–water partition coefficient (Wildman–Crippen LogP) is 4.52. The molecule has 1 aliphatic heterocycles. The summed E-state index contributed by atoms with van der Waals surface area (Å²) >= 11 is 0. The number of carbonyl (C=O) groups is 1. The molecule has 0 bridgehead atoms. The molecule has 1 amide bonds. The number of anilines is 1. The van der Waals surface area contributed by atoms with Crippen LogP contribution in [0.1, 0.15) is 27.9 Å². The molecule has 1 N–H and O–H groups in total. The van der Waals surface area contributed by atoms with E-state index in [9.17, 15) is 4.79 Å². The number of carbonyl (C=O) groups excluding carboxylic acids is 1. The van der Waals surface area contributed by atoms with Crippen molar-refractivity contribution in [3.05, 3.63) is 89.5 Å². The first-order chi connectivity index (χ1) is 16.2. The Morgan fingerprint density at radius 1 is 0.909 bits per heavy atom. The van der Waals surface area contributed by atoms with Crippen molar-refractivity contribution in [2.45, 2.75) is 25.3 Å². The fraction of sp³-hybridized carbons (Fsp3) is 0.321. The molecule has 3 aromatic rings. The van der Waals surface area contributed by atoms with Crippen molar-refractivity contribution in [1.29, 1.82) is 0 Å². The van der Waals surface area contributed by atoms with Crippen LogP contribution in [0.2, 0.25) is 0 Å². The second-order valence-electron chi connectivity index (χ2n) is 9.06. The smallest absolute Gasteiger partial charge is 0.251 e. The molecule has 0 radical (unpaired) electrons. The van der Waals surface area contributed by atoms with E-state index in [2.05, 4.69) is 40.4 Å². The van der Waals surface area contributed by atoms with Crippen LogP contribution in [0.5, 0.6) is 11.5 Å². The number of nitrogens with one attached hydrogen (secondary N) is 1. The van der Waals surface area contributed by atoms with Gasteiger partial charge < -0.3 is 19.9 Å². The zero-order chi connectivity index (χ0) is 22.6. The number of ether oxygens (including phenoxy) is 1. The first-order valence-electron chi connectivity index (χ1n) is 11.8. The quantitative estimate of drug-likeness (QED) is 0.632. The van der Waals surface area contributed by atoms with Crippen molar-refractivity contribution in [3.8, 4) is 11.5 Å². The van der Waals surface area contributed by atoms with E-state index in [1.54, 1.807) is 0 Å². The highest BCUT2D eigenvalue weighted by Crippen LogP contribution is 2.31. The summed E-state index contributed by atoms with van der Waals surface area (Å²) in [7, 11) is 2.19. The fourth-order valence-corrected chi connectivity index (χ4v) is 4.85. The number of amides is 1. The number of piperazine rings is 1. The number of likely N-dealkylation sites (N-methyl/N-ethyl adjacent to an activating group) is 1. The van der Waals surface area contributed by atoms with Gasteiger partial charge in [0, 0.05) is 43.5 Å². The molecule has 5 heteroatoms. The monoisotopic (exact) mass is 441 g/mol. The molecule has 0 aromatic heterocycles. The minimum atomic E-state index is -0.0443. The van der Waals surface area contributed by atoms with Crippen LogP contribution < -0.4 is 15.0 Å². The van der Waals surface area contributed by atoms with Gasteiger partial charge in [-0.1, -0.05) is 36.4 Å². The average Bonchev–Trinajstić information content (AvgIpc) is 2.85. The summed E-state index contributed by atoms with van der Waals surface area (Å²) in [6.45, 7) is 4.37. The Morgan fingerprint density at radius 2 is 1.67 bits per heavy atom. The van der Waals surface area contributed by atoms with Crippen LogP contribution in [0.15, 0.2) is 72.8 Å². The van der Waals surface area contributed by atoms with E-state index < -0.39 is 0 Å². The van der Waals surface area contributed by atoms with Gasteiger partial charge >= 0.3 is 0 Å². The van der Waals surface area contributed by atoms with Crippen LogP contribution >= 0.6 is 0 Å². The summed E-state index contributed by atoms with van der Waals surface area (Å²) in [5, 5.41) is 3.26. The van der Waals surface area contributed by atoms with Crippen molar-refractivity contribution < 1.29 is 9.53 Å². The van der Waals surface area contributed by atoms with Gasteiger partial charge in [-0.25, -0.2) is 0 Å². The molecule has 33 heavy (non-hydrogen) atoms. The van der Waals surface area contributed by atoms with Gasteiger partial charge in [0.25, 0.3) is 5.91 Å². The van der Waals surface area contributed by atoms with Gasteiger partial charge in [-0.3, -0.25) is 4.79 Å². The molecule has 170 valence electrons. The van der Waals surface area contributed by atoms with E-state index in [0.717, 1.165) is 51.2 Å². The maximum atomic E-state index is 13.0. The molecule has 0 unspecified atom stereocenters. The Labute approximate surface area is 196 Å². The normalized spacial score (nSPS) is 18.5. The maximum absolute atomic E-state index is 13.0. The molecule has 0 saturated carbocycles. The standard InChI is InChI=1S/C28H31N3O2/c1-30-15-17-31(18-16-30)27-12-6-7-21-19-23(13-14-26(21)27)29-28(32)22-8-5-11-25(20-22)33-24-9-3-2-4-10-24/h2-12,20,23H,13-19H2,1H3,(H,29,32)/t23-/m1/s1. The number of nitrogens with zero attached hydrogens (tertiary/aromatic N) is 2. The molecule has 1 fully saturated rings. The number of hydrogen-bond acceptors (Lipinski definition) is 4. The van der Waals surface area contributed by atoms with Crippen molar-refractivity contribution in [2.75, 3.05) is 38.1 Å². The van der Waals surface area contributed by atoms with Gasteiger partial charge in [0.05, 0.1) is 0 Å². The molecule has 0 spiro atoms. The minimum Gasteiger partial charge on any atom is -0.457 e. The van der Waals surface area contributed by atoms with Gasteiger partial charge in [-0.2, -0.15) is 0 Å². The molecule has 3 aromatic carbocycles. The van der Waals surface area contributed by atoms with E-state index in [1.165, 1.54) is 16.8 Å². The topological polar surface area (TPSA) is 44.8 Å². The molecule has 1 saturated heterocycles. The van der Waals surface area contributed by atoms with Crippen LogP contribution in [-0.2, 0) is 12.8 Å². The van der Waals surface area contributed by atoms with Crippen LogP contribution in [0.25, 0.3) is 0 Å². The Morgan fingerprint density at radius 3 is 2.48 bits per heavy atom. The second kappa shape index (κ2) is 9.67. The van der Waals surface area contributed by atoms with E-state index in [-0.39, 0.29) is 11.9 Å². The zero-order valence-electron chi connectivity index (χ0n) is 19.2. The summed E-state index contributed by atoms with van der Waals surface area (Å²) in [4.78, 5) is 17.9. The second-order valence-corrected chi connectivity index (χ2v) is 9.06. The Balaban J connectivity index is 1.24. The molecule has 2 aliphatic rings. The Kier molecular flexibility index (Phi) is 6.31. The van der Waals surface area contributed by atoms with Crippen LogP contribution in [0, 0.1) is 0 Å². The van der Waals surface area contributed by atoms with Crippen LogP contribution in [0.3, 0.4) is 0 Å². The van der Waals surface area contributed by atoms with E-state index in [4.69, 9.17) is 4.74 Å². The molecule has 5 rings (SSSR count). The highest BCUT2D eigenvalue weighted by atomic mass is 16.5. The van der Waals surface area contributed by atoms with E-state index in [0.29, 0.717) is 11.3 Å². The lowest BCUT2D eigenvalue weighted by molar-refractivity contribution is 0.0933. The maximum Gasteiger partial charge on any atom is 0.251 e. The average molecular weight is 442 g/mol. The highest BCUT2D eigenvalue weighted by molar-refractivity contribution is 5.94. The van der Waals surface area contributed by atoms with Gasteiger partial charge in [-0.15, -0.1) is 0 Å². The van der Waals surface area contributed by atoms with Crippen molar-refractivity contribution in [1.82, 2.24) is 10.2 Å².